The lowest BCUT2D eigenvalue weighted by Crippen LogP contribution is -2.33. The number of carbonyl (C=O) groups is 2. The van der Waals surface area contributed by atoms with Crippen LogP contribution in [0.15, 0.2) is 88.2 Å². The summed E-state index contributed by atoms with van der Waals surface area (Å²) in [6.07, 6.45) is 1.24. The molecule has 3 aromatic rings. The average molecular weight is 560 g/mol. The van der Waals surface area contributed by atoms with Gasteiger partial charge in [-0.1, -0.05) is 37.3 Å². The molecular weight excluding hydrogens is 522 g/mol. The Bertz CT molecular complexity index is 1390. The normalized spacial score (nSPS) is 14.1. The maximum Gasteiger partial charge on any atom is 0.337 e. The molecule has 1 N–H and O–H groups in total. The fourth-order valence-corrected chi connectivity index (χ4v) is 5.47. The summed E-state index contributed by atoms with van der Waals surface area (Å²) in [5.41, 5.74) is 5.11. The largest absolute Gasteiger partial charge is 0.460 e. The van der Waals surface area contributed by atoms with E-state index >= 15 is 0 Å². The molecule has 1 aromatic heterocycles. The fourth-order valence-electron chi connectivity index (χ4n) is 4.81. The summed E-state index contributed by atoms with van der Waals surface area (Å²) in [6.45, 7) is 13.0. The van der Waals surface area contributed by atoms with Gasteiger partial charge in [-0.05, 0) is 71.6 Å². The van der Waals surface area contributed by atoms with Crippen LogP contribution in [0.2, 0.25) is 0 Å². The molecule has 0 aliphatic carbocycles. The molecule has 1 aliphatic heterocycles. The lowest BCUT2D eigenvalue weighted by Gasteiger charge is -2.31. The number of hydrogen-bond acceptors (Lipinski definition) is 7. The molecule has 8 heteroatoms. The van der Waals surface area contributed by atoms with E-state index in [4.69, 9.17) is 14.6 Å². The van der Waals surface area contributed by atoms with Gasteiger partial charge in [-0.15, -0.1) is 11.8 Å². The van der Waals surface area contributed by atoms with Gasteiger partial charge < -0.3 is 14.8 Å². The molecule has 0 saturated carbocycles. The van der Waals surface area contributed by atoms with Crippen LogP contribution >= 0.6 is 11.8 Å². The van der Waals surface area contributed by atoms with E-state index in [1.54, 1.807) is 16.4 Å². The summed E-state index contributed by atoms with van der Waals surface area (Å²) in [6, 6.07) is 18.0. The van der Waals surface area contributed by atoms with Crippen LogP contribution in [0.1, 0.15) is 59.9 Å². The second-order valence-corrected chi connectivity index (χ2v) is 11.6. The quantitative estimate of drug-likeness (QED) is 0.228. The van der Waals surface area contributed by atoms with Gasteiger partial charge in [0.2, 0.25) is 0 Å². The molecule has 4 rings (SSSR count). The first-order chi connectivity index (χ1) is 19.1. The monoisotopic (exact) mass is 559 g/mol. The van der Waals surface area contributed by atoms with Crippen molar-refractivity contribution in [1.29, 1.82) is 0 Å². The number of nitrogens with zero attached hydrogens (tertiary/aromatic N) is 2. The van der Waals surface area contributed by atoms with E-state index in [-0.39, 0.29) is 12.2 Å². The highest BCUT2D eigenvalue weighted by Gasteiger charge is 2.40. The Morgan fingerprint density at radius 3 is 1.95 bits per heavy atom. The smallest absolute Gasteiger partial charge is 0.337 e. The van der Waals surface area contributed by atoms with Crippen molar-refractivity contribution in [3.8, 4) is 16.9 Å². The lowest BCUT2D eigenvalue weighted by molar-refractivity contribution is -0.143. The van der Waals surface area contributed by atoms with Crippen molar-refractivity contribution in [3.63, 3.8) is 0 Å². The van der Waals surface area contributed by atoms with Gasteiger partial charge in [-0.2, -0.15) is 5.10 Å². The number of allylic oxidation sites excluding steroid dienone is 2. The van der Waals surface area contributed by atoms with Gasteiger partial charge in [0.25, 0.3) is 0 Å². The van der Waals surface area contributed by atoms with Crippen molar-refractivity contribution in [2.45, 2.75) is 71.5 Å². The Morgan fingerprint density at radius 1 is 0.900 bits per heavy atom. The van der Waals surface area contributed by atoms with Crippen molar-refractivity contribution in [2.75, 3.05) is 5.75 Å². The third-order valence-corrected chi connectivity index (χ3v) is 7.29. The summed E-state index contributed by atoms with van der Waals surface area (Å²) >= 11 is 1.76. The molecule has 0 fully saturated rings. The van der Waals surface area contributed by atoms with Crippen LogP contribution < -0.4 is 5.32 Å². The maximum absolute atomic E-state index is 13.6. The van der Waals surface area contributed by atoms with Crippen LogP contribution in [0.3, 0.4) is 0 Å². The number of ether oxygens (including phenoxy) is 2. The number of benzene rings is 2. The van der Waals surface area contributed by atoms with Crippen LogP contribution in [-0.4, -0.2) is 39.7 Å². The van der Waals surface area contributed by atoms with E-state index in [0.29, 0.717) is 33.8 Å². The molecule has 2 aromatic carbocycles. The number of dihydropyridines is 1. The molecule has 0 unspecified atom stereocenters. The second-order valence-electron chi connectivity index (χ2n) is 10.2. The number of aromatic nitrogens is 2. The van der Waals surface area contributed by atoms with Crippen molar-refractivity contribution in [2.24, 2.45) is 0 Å². The zero-order valence-electron chi connectivity index (χ0n) is 24.1. The summed E-state index contributed by atoms with van der Waals surface area (Å²) in [4.78, 5) is 28.4. The van der Waals surface area contributed by atoms with Gasteiger partial charge in [-0.25, -0.2) is 14.3 Å². The first-order valence-corrected chi connectivity index (χ1v) is 14.6. The third kappa shape index (κ3) is 6.33. The minimum Gasteiger partial charge on any atom is -0.460 e. The molecule has 0 spiro atoms. The zero-order valence-corrected chi connectivity index (χ0v) is 25.0. The van der Waals surface area contributed by atoms with E-state index in [2.05, 4.69) is 24.4 Å². The number of thioether (sulfide) groups is 1. The predicted octanol–water partition coefficient (Wildman–Crippen LogP) is 6.79. The van der Waals surface area contributed by atoms with Crippen LogP contribution in [0.25, 0.3) is 16.9 Å². The summed E-state index contributed by atoms with van der Waals surface area (Å²) in [7, 11) is 0. The number of rotatable bonds is 9. The Morgan fingerprint density at radius 2 is 1.45 bits per heavy atom. The number of nitrogens with one attached hydrogen (secondary N) is 1. The van der Waals surface area contributed by atoms with Crippen molar-refractivity contribution >= 4 is 23.7 Å². The number of para-hydroxylation sites is 1. The Hall–Kier alpha value is -3.78. The highest BCUT2D eigenvalue weighted by atomic mass is 32.2. The summed E-state index contributed by atoms with van der Waals surface area (Å²) in [5.74, 6) is -0.754. The van der Waals surface area contributed by atoms with Gasteiger partial charge in [0, 0.05) is 33.6 Å². The van der Waals surface area contributed by atoms with Crippen molar-refractivity contribution < 1.29 is 19.1 Å². The molecule has 0 bridgehead atoms. The minimum absolute atomic E-state index is 0.332. The molecule has 210 valence electrons. The molecular formula is C32H37N3O4S. The van der Waals surface area contributed by atoms with Gasteiger partial charge in [0.05, 0.1) is 40.7 Å². The number of hydrogen-bond donors (Lipinski definition) is 1. The highest BCUT2D eigenvalue weighted by Crippen LogP contribution is 2.43. The molecule has 40 heavy (non-hydrogen) atoms. The molecule has 0 amide bonds. The fraction of sp³-hybridized carbons (Fsp3) is 0.344. The van der Waals surface area contributed by atoms with E-state index in [1.807, 2.05) is 90.2 Å². The standard InChI is InChI=1S/C32H37N3O4S/c1-8-40-25-16-14-23(15-17-25)30-26(18-35(34-30)24-12-10-9-11-13-24)29-27(31(36)38-19(2)3)21(6)33-22(7)28(29)32(37)39-20(4)5/h9-20,29,33H,8H2,1-7H3. The highest BCUT2D eigenvalue weighted by molar-refractivity contribution is 7.99. The number of esters is 2. The first-order valence-electron chi connectivity index (χ1n) is 13.6. The average Bonchev–Trinajstić information content (AvgIpc) is 3.33. The second kappa shape index (κ2) is 12.6. The van der Waals surface area contributed by atoms with Crippen LogP contribution in [0.5, 0.6) is 0 Å². The Kier molecular flexibility index (Phi) is 9.20. The lowest BCUT2D eigenvalue weighted by atomic mass is 9.79. The molecule has 0 saturated heterocycles. The topological polar surface area (TPSA) is 82.5 Å². The van der Waals surface area contributed by atoms with E-state index in [1.165, 1.54) is 0 Å². The molecule has 2 heterocycles. The Balaban J connectivity index is 1.98. The van der Waals surface area contributed by atoms with Crippen LogP contribution in [0, 0.1) is 0 Å². The van der Waals surface area contributed by atoms with Gasteiger partial charge in [0.1, 0.15) is 0 Å². The van der Waals surface area contributed by atoms with E-state index in [0.717, 1.165) is 21.9 Å². The van der Waals surface area contributed by atoms with Crippen molar-refractivity contribution in [3.05, 3.63) is 88.9 Å². The summed E-state index contributed by atoms with van der Waals surface area (Å²) < 4.78 is 13.2. The molecule has 1 aliphatic rings. The molecule has 0 atom stereocenters. The Labute approximate surface area is 240 Å². The van der Waals surface area contributed by atoms with E-state index < -0.39 is 17.9 Å². The van der Waals surface area contributed by atoms with Crippen molar-refractivity contribution in [1.82, 2.24) is 15.1 Å². The van der Waals surface area contributed by atoms with Crippen LogP contribution in [-0.2, 0) is 19.1 Å². The van der Waals surface area contributed by atoms with Gasteiger partial charge in [0.15, 0.2) is 0 Å². The minimum atomic E-state index is -0.754. The first kappa shape index (κ1) is 29.2. The van der Waals surface area contributed by atoms with E-state index in [9.17, 15) is 9.59 Å². The van der Waals surface area contributed by atoms with Gasteiger partial charge >= 0.3 is 11.9 Å². The third-order valence-electron chi connectivity index (χ3n) is 6.40. The number of carbonyl (C=O) groups excluding carboxylic acids is 2. The van der Waals surface area contributed by atoms with Gasteiger partial charge in [-0.3, -0.25) is 0 Å². The zero-order chi connectivity index (χ0) is 29.0. The summed E-state index contributed by atoms with van der Waals surface area (Å²) in [5, 5.41) is 8.24. The molecule has 7 nitrogen and oxygen atoms in total. The SMILES string of the molecule is CCSc1ccc(-c2nn(-c3ccccc3)cc2C2C(C(=O)OC(C)C)=C(C)NC(C)=C2C(=O)OC(C)C)cc1. The van der Waals surface area contributed by atoms with Crippen LogP contribution in [0.4, 0.5) is 0 Å². The maximum atomic E-state index is 13.6. The molecule has 0 radical (unpaired) electrons. The predicted molar refractivity (Wildman–Crippen MR) is 159 cm³/mol.